The summed E-state index contributed by atoms with van der Waals surface area (Å²) in [6.45, 7) is 0. The zero-order valence-corrected chi connectivity index (χ0v) is 6.43. The van der Waals surface area contributed by atoms with Crippen LogP contribution < -0.4 is 17.0 Å². The van der Waals surface area contributed by atoms with Gasteiger partial charge in [-0.25, -0.2) is 9.36 Å². The third kappa shape index (κ3) is 1.64. The highest BCUT2D eigenvalue weighted by atomic mass is 16.3. The molecule has 70 valence electrons. The highest BCUT2D eigenvalue weighted by Crippen LogP contribution is 1.89. The molecule has 0 saturated carbocycles. The van der Waals surface area contributed by atoms with Crippen LogP contribution in [0.15, 0.2) is 21.9 Å². The van der Waals surface area contributed by atoms with Gasteiger partial charge in [-0.05, 0) is 0 Å². The Morgan fingerprint density at radius 1 is 1.62 bits per heavy atom. The Hall–Kier alpha value is -1.89. The molecule has 0 bridgehead atoms. The standard InChI is InChI=1S/C6H7N3O4/c7-4(11)5(12)9-3(10)1-2-8-6(9)13/h1-2,5,12H,(H2,7,11)(H,8,13). The van der Waals surface area contributed by atoms with E-state index in [1.54, 1.807) is 0 Å². The molecular formula is C6H7N3O4. The first-order valence-corrected chi connectivity index (χ1v) is 3.31. The number of nitrogens with two attached hydrogens (primary N) is 1. The maximum atomic E-state index is 11.0. The lowest BCUT2D eigenvalue weighted by Gasteiger charge is -2.06. The van der Waals surface area contributed by atoms with Gasteiger partial charge in [-0.1, -0.05) is 0 Å². The Kier molecular flexibility index (Phi) is 2.29. The fourth-order valence-electron chi connectivity index (χ4n) is 0.793. The Balaban J connectivity index is 3.37. The molecule has 1 amide bonds. The number of primary amides is 1. The molecule has 7 heteroatoms. The predicted octanol–water partition coefficient (Wildman–Crippen LogP) is -2.49. The first-order chi connectivity index (χ1) is 6.04. The molecule has 0 aliphatic rings. The van der Waals surface area contributed by atoms with Gasteiger partial charge in [0.05, 0.1) is 0 Å². The van der Waals surface area contributed by atoms with Crippen LogP contribution in [0.1, 0.15) is 6.23 Å². The number of H-pyrrole nitrogens is 1. The number of nitrogens with zero attached hydrogens (tertiary/aromatic N) is 1. The van der Waals surface area contributed by atoms with Gasteiger partial charge in [0.25, 0.3) is 11.5 Å². The molecule has 1 heterocycles. The highest BCUT2D eigenvalue weighted by molar-refractivity contribution is 5.76. The van der Waals surface area contributed by atoms with E-state index in [0.29, 0.717) is 4.57 Å². The maximum absolute atomic E-state index is 11.0. The summed E-state index contributed by atoms with van der Waals surface area (Å²) < 4.78 is 0.322. The Morgan fingerprint density at radius 2 is 2.23 bits per heavy atom. The van der Waals surface area contributed by atoms with Crippen molar-refractivity contribution in [2.24, 2.45) is 5.73 Å². The third-order valence-corrected chi connectivity index (χ3v) is 1.39. The normalized spacial score (nSPS) is 12.4. The molecule has 1 aromatic rings. The molecule has 0 radical (unpaired) electrons. The molecule has 1 unspecified atom stereocenters. The summed E-state index contributed by atoms with van der Waals surface area (Å²) >= 11 is 0. The summed E-state index contributed by atoms with van der Waals surface area (Å²) in [7, 11) is 0. The van der Waals surface area contributed by atoms with E-state index < -0.39 is 23.4 Å². The van der Waals surface area contributed by atoms with Crippen LogP contribution in [0.4, 0.5) is 0 Å². The van der Waals surface area contributed by atoms with Crippen LogP contribution in [0.2, 0.25) is 0 Å². The monoisotopic (exact) mass is 185 g/mol. The number of amides is 1. The van der Waals surface area contributed by atoms with Crippen LogP contribution in [0.25, 0.3) is 0 Å². The van der Waals surface area contributed by atoms with Gasteiger partial charge in [-0.15, -0.1) is 0 Å². The molecule has 0 aliphatic carbocycles. The summed E-state index contributed by atoms with van der Waals surface area (Å²) in [5.74, 6) is -1.17. The lowest BCUT2D eigenvalue weighted by Crippen LogP contribution is -2.42. The number of carbonyl (C=O) groups excluding carboxylic acids is 1. The number of rotatable bonds is 2. The lowest BCUT2D eigenvalue weighted by atomic mass is 10.5. The van der Waals surface area contributed by atoms with Crippen LogP contribution in [0.3, 0.4) is 0 Å². The van der Waals surface area contributed by atoms with Crippen LogP contribution in [-0.2, 0) is 4.79 Å². The second kappa shape index (κ2) is 3.23. The lowest BCUT2D eigenvalue weighted by molar-refractivity contribution is -0.130. The largest absolute Gasteiger partial charge is 0.366 e. The van der Waals surface area contributed by atoms with Gasteiger partial charge in [-0.2, -0.15) is 0 Å². The van der Waals surface area contributed by atoms with Gasteiger partial charge in [0, 0.05) is 12.3 Å². The molecule has 0 saturated heterocycles. The summed E-state index contributed by atoms with van der Waals surface area (Å²) in [5, 5.41) is 9.03. The van der Waals surface area contributed by atoms with Crippen molar-refractivity contribution < 1.29 is 9.90 Å². The molecule has 0 aliphatic heterocycles. The maximum Gasteiger partial charge on any atom is 0.330 e. The van der Waals surface area contributed by atoms with E-state index in [4.69, 9.17) is 10.8 Å². The van der Waals surface area contributed by atoms with E-state index in [1.807, 2.05) is 0 Å². The van der Waals surface area contributed by atoms with Crippen LogP contribution >= 0.6 is 0 Å². The van der Waals surface area contributed by atoms with E-state index in [9.17, 15) is 14.4 Å². The summed E-state index contributed by atoms with van der Waals surface area (Å²) in [4.78, 5) is 34.5. The third-order valence-electron chi connectivity index (χ3n) is 1.39. The van der Waals surface area contributed by atoms with E-state index in [-0.39, 0.29) is 0 Å². The molecule has 1 aromatic heterocycles. The van der Waals surface area contributed by atoms with E-state index in [1.165, 1.54) is 0 Å². The van der Waals surface area contributed by atoms with Gasteiger partial charge >= 0.3 is 5.69 Å². The fraction of sp³-hybridized carbons (Fsp3) is 0.167. The zero-order valence-electron chi connectivity index (χ0n) is 6.43. The minimum atomic E-state index is -1.93. The quantitative estimate of drug-likeness (QED) is 0.472. The first-order valence-electron chi connectivity index (χ1n) is 3.31. The summed E-state index contributed by atoms with van der Waals surface area (Å²) in [6.07, 6.45) is -0.827. The number of aromatic nitrogens is 2. The molecule has 7 nitrogen and oxygen atoms in total. The van der Waals surface area contributed by atoms with Crippen LogP contribution in [0.5, 0.6) is 0 Å². The predicted molar refractivity (Wildman–Crippen MR) is 41.8 cm³/mol. The number of aliphatic hydroxyl groups excluding tert-OH is 1. The van der Waals surface area contributed by atoms with Crippen LogP contribution in [0, 0.1) is 0 Å². The SMILES string of the molecule is NC(=O)C(O)n1c(=O)cc[nH]c1=O. The molecule has 4 N–H and O–H groups in total. The average Bonchev–Trinajstić information content (AvgIpc) is 2.03. The summed E-state index contributed by atoms with van der Waals surface area (Å²) in [5.41, 5.74) is 3.02. The molecule has 0 fully saturated rings. The Labute approximate surface area is 71.4 Å². The average molecular weight is 185 g/mol. The van der Waals surface area contributed by atoms with Crippen molar-refractivity contribution in [2.45, 2.75) is 6.23 Å². The first kappa shape index (κ1) is 9.20. The number of nitrogens with one attached hydrogen (secondary N) is 1. The van der Waals surface area contributed by atoms with E-state index in [0.717, 1.165) is 12.3 Å². The summed E-state index contributed by atoms with van der Waals surface area (Å²) in [6, 6.07) is 0.994. The smallest absolute Gasteiger partial charge is 0.330 e. The van der Waals surface area contributed by atoms with E-state index in [2.05, 4.69) is 4.98 Å². The zero-order chi connectivity index (χ0) is 10.0. The molecule has 0 aromatic carbocycles. The van der Waals surface area contributed by atoms with Crippen molar-refractivity contribution in [2.75, 3.05) is 0 Å². The molecule has 0 spiro atoms. The number of aliphatic hydroxyl groups is 1. The minimum absolute atomic E-state index is 0.322. The molecular weight excluding hydrogens is 178 g/mol. The van der Waals surface area contributed by atoms with Gasteiger partial charge in [0.2, 0.25) is 6.23 Å². The number of aromatic amines is 1. The minimum Gasteiger partial charge on any atom is -0.366 e. The van der Waals surface area contributed by atoms with Crippen molar-refractivity contribution in [3.05, 3.63) is 33.1 Å². The van der Waals surface area contributed by atoms with E-state index >= 15 is 0 Å². The number of hydrogen-bond acceptors (Lipinski definition) is 4. The molecule has 1 atom stereocenters. The molecule has 13 heavy (non-hydrogen) atoms. The van der Waals surface area contributed by atoms with Crippen LogP contribution in [-0.4, -0.2) is 20.6 Å². The van der Waals surface area contributed by atoms with Crippen molar-refractivity contribution in [1.82, 2.24) is 9.55 Å². The topological polar surface area (TPSA) is 118 Å². The number of hydrogen-bond donors (Lipinski definition) is 3. The van der Waals surface area contributed by atoms with Crippen molar-refractivity contribution >= 4 is 5.91 Å². The molecule has 1 rings (SSSR count). The highest BCUT2D eigenvalue weighted by Gasteiger charge is 2.16. The Bertz CT molecular complexity index is 404. The van der Waals surface area contributed by atoms with Crippen molar-refractivity contribution in [3.63, 3.8) is 0 Å². The second-order valence-electron chi connectivity index (χ2n) is 2.27. The number of carbonyl (C=O) groups is 1. The van der Waals surface area contributed by atoms with Gasteiger partial charge < -0.3 is 15.8 Å². The van der Waals surface area contributed by atoms with Crippen molar-refractivity contribution in [1.29, 1.82) is 0 Å². The van der Waals surface area contributed by atoms with Crippen molar-refractivity contribution in [3.8, 4) is 0 Å². The van der Waals surface area contributed by atoms with Gasteiger partial charge in [-0.3, -0.25) is 9.59 Å². The van der Waals surface area contributed by atoms with Gasteiger partial charge in [0.15, 0.2) is 0 Å². The second-order valence-corrected chi connectivity index (χ2v) is 2.27. The fourth-order valence-corrected chi connectivity index (χ4v) is 0.793. The Morgan fingerprint density at radius 3 is 2.69 bits per heavy atom. The van der Waals surface area contributed by atoms with Gasteiger partial charge in [0.1, 0.15) is 0 Å².